The van der Waals surface area contributed by atoms with Crippen LogP contribution in [0.3, 0.4) is 0 Å². The second-order valence-corrected chi connectivity index (χ2v) is 14.8. The molecule has 3 heterocycles. The van der Waals surface area contributed by atoms with Gasteiger partial charge in [0.1, 0.15) is 11.6 Å². The van der Waals surface area contributed by atoms with Gasteiger partial charge >= 0.3 is 0 Å². The van der Waals surface area contributed by atoms with E-state index in [1.807, 2.05) is 25.1 Å². The Hall–Kier alpha value is -3.14. The number of ketones is 2. The van der Waals surface area contributed by atoms with Crippen LogP contribution in [0.1, 0.15) is 43.7 Å². The number of carbonyl (C=O) groups is 2. The van der Waals surface area contributed by atoms with Crippen LogP contribution in [0.2, 0.25) is 0 Å². The molecule has 1 aromatic carbocycles. The van der Waals surface area contributed by atoms with Crippen LogP contribution in [0.5, 0.6) is 0 Å². The van der Waals surface area contributed by atoms with E-state index in [2.05, 4.69) is 52.7 Å². The highest BCUT2D eigenvalue weighted by atomic mass is 32.2. The number of likely N-dealkylation sites (tertiary alicyclic amines) is 1. The average Bonchev–Trinajstić information content (AvgIpc) is 3.80. The molecule has 0 spiro atoms. The quantitative estimate of drug-likeness (QED) is 0.261. The van der Waals surface area contributed by atoms with E-state index in [0.717, 1.165) is 42.1 Å². The number of hydrogen-bond donors (Lipinski definition) is 4. The van der Waals surface area contributed by atoms with Crippen LogP contribution < -0.4 is 16.2 Å². The number of anilines is 1. The number of aromatic amines is 1. The number of allylic oxidation sites excluding steroid dienone is 2. The Kier molecular flexibility index (Phi) is 7.62. The highest BCUT2D eigenvalue weighted by Gasteiger charge is 2.63. The first-order valence-electron chi connectivity index (χ1n) is 16.0. The summed E-state index contributed by atoms with van der Waals surface area (Å²) in [6, 6.07) is 10.0. The summed E-state index contributed by atoms with van der Waals surface area (Å²) in [6.45, 7) is 6.15. The number of thioether (sulfide) groups is 1. The molecule has 0 radical (unpaired) electrons. The van der Waals surface area contributed by atoms with Crippen LogP contribution in [0.4, 0.5) is 5.69 Å². The van der Waals surface area contributed by atoms with E-state index < -0.39 is 11.5 Å². The molecule has 0 bridgehead atoms. The molecule has 8 nitrogen and oxygen atoms in total. The number of piperidine rings is 1. The molecule has 1 aromatic heterocycles. The molecular formula is C35H42N4O4S. The number of aromatic nitrogens is 1. The number of nitrogens with zero attached hydrogens (tertiary/aromatic N) is 1. The number of Topliss-reactive ketones (excluding diaryl/α,β-unsaturated/α-hetero) is 2. The number of benzene rings is 1. The van der Waals surface area contributed by atoms with Gasteiger partial charge in [-0.25, -0.2) is 0 Å². The first-order chi connectivity index (χ1) is 21.1. The molecule has 232 valence electrons. The molecule has 0 amide bonds. The lowest BCUT2D eigenvalue weighted by molar-refractivity contribution is -0.140. The fourth-order valence-electron chi connectivity index (χ4n) is 8.34. The van der Waals surface area contributed by atoms with Gasteiger partial charge in [-0.05, 0) is 95.4 Å². The maximum Gasteiger partial charge on any atom is 0.259 e. The molecule has 4 N–H and O–H groups in total. The topological polar surface area (TPSA) is 115 Å². The van der Waals surface area contributed by atoms with Crippen molar-refractivity contribution in [2.24, 2.45) is 29.1 Å². The molecule has 3 fully saturated rings. The summed E-state index contributed by atoms with van der Waals surface area (Å²) in [5.41, 5.74) is 4.31. The van der Waals surface area contributed by atoms with Crippen LogP contribution >= 0.6 is 11.8 Å². The van der Waals surface area contributed by atoms with E-state index in [4.69, 9.17) is 0 Å². The largest absolute Gasteiger partial charge is 0.390 e. The van der Waals surface area contributed by atoms with Gasteiger partial charge in [0.2, 0.25) is 0 Å². The fourth-order valence-corrected chi connectivity index (χ4v) is 9.28. The van der Waals surface area contributed by atoms with E-state index in [9.17, 15) is 19.5 Å². The van der Waals surface area contributed by atoms with Crippen LogP contribution in [0.25, 0.3) is 5.70 Å². The van der Waals surface area contributed by atoms with Gasteiger partial charge in [-0.1, -0.05) is 17.7 Å². The predicted octanol–water partition coefficient (Wildman–Crippen LogP) is 4.01. The second kappa shape index (κ2) is 11.3. The molecule has 5 unspecified atom stereocenters. The molecular weight excluding hydrogens is 572 g/mol. The minimum Gasteiger partial charge on any atom is -0.390 e. The molecule has 9 heteroatoms. The zero-order valence-corrected chi connectivity index (χ0v) is 26.5. The number of aryl methyl sites for hydroxylation is 1. The second-order valence-electron chi connectivity index (χ2n) is 13.7. The number of aliphatic hydroxyl groups excluding tert-OH is 1. The standard InChI is InChI=1S/C35H42N4O4S/c1-19-5-4-6-22(13-19)44-18-21(40)17-37-28-7-10-36-34(43)30(28)31-25-14-23(25)24-15-26-27(16-29(24)38-31)33(42)35(2,32(26)41)20-8-11-39(3)12-9-20/h4-7,10,13-14,20-21,24,26-27,29,38,40H,8-9,11-12,15-18H2,1-3H3,(H2,36,37,43)/t21?,24?,26?,27?,29?,35-/m1/s1. The van der Waals surface area contributed by atoms with Crippen molar-refractivity contribution in [2.45, 2.75) is 56.6 Å². The van der Waals surface area contributed by atoms with Gasteiger partial charge in [0.15, 0.2) is 0 Å². The smallest absolute Gasteiger partial charge is 0.259 e. The van der Waals surface area contributed by atoms with Gasteiger partial charge in [-0.2, -0.15) is 0 Å². The molecule has 1 saturated heterocycles. The lowest BCUT2D eigenvalue weighted by atomic mass is 9.69. The van der Waals surface area contributed by atoms with Crippen molar-refractivity contribution in [2.75, 3.05) is 37.8 Å². The monoisotopic (exact) mass is 614 g/mol. The number of hydrogen-bond acceptors (Lipinski definition) is 8. The van der Waals surface area contributed by atoms with Crippen LogP contribution in [0, 0.1) is 36.0 Å². The van der Waals surface area contributed by atoms with Gasteiger partial charge in [0.05, 0.1) is 28.5 Å². The number of pyridine rings is 1. The molecule has 5 aliphatic rings. The van der Waals surface area contributed by atoms with Crippen molar-refractivity contribution < 1.29 is 14.7 Å². The molecule has 7 rings (SSSR count). The number of aliphatic hydroxyl groups is 1. The lowest BCUT2D eigenvalue weighted by Gasteiger charge is -2.40. The Morgan fingerprint density at radius 1 is 1.09 bits per heavy atom. The Labute approximate surface area is 262 Å². The van der Waals surface area contributed by atoms with Crippen LogP contribution in [0.15, 0.2) is 63.4 Å². The third kappa shape index (κ3) is 5.07. The first-order valence-corrected chi connectivity index (χ1v) is 17.0. The molecule has 2 aromatic rings. The Bertz CT molecular complexity index is 1620. The number of H-pyrrole nitrogens is 1. The van der Waals surface area contributed by atoms with Gasteiger partial charge in [0.25, 0.3) is 5.56 Å². The minimum atomic E-state index is -0.882. The van der Waals surface area contributed by atoms with Gasteiger partial charge in [-0.3, -0.25) is 14.4 Å². The van der Waals surface area contributed by atoms with E-state index in [1.54, 1.807) is 18.0 Å². The van der Waals surface area contributed by atoms with Crippen LogP contribution in [-0.2, 0) is 9.59 Å². The van der Waals surface area contributed by atoms with E-state index in [1.165, 1.54) is 11.1 Å². The Balaban J connectivity index is 1.06. The normalized spacial score (nSPS) is 30.7. The third-order valence-corrected chi connectivity index (χ3v) is 12.1. The molecule has 6 atom stereocenters. The SMILES string of the molecule is Cc1cccc(SCC(O)CNc2cc[nH]c(=O)c2C2=C3C=C3C3CC4C(=O)[C@@](C)(C5CCN(C)CC5)C(=O)C4CC3N2)c1. The van der Waals surface area contributed by atoms with E-state index in [0.29, 0.717) is 36.4 Å². The number of carbonyl (C=O) groups excluding carboxylic acids is 2. The van der Waals surface area contributed by atoms with Crippen molar-refractivity contribution in [3.63, 3.8) is 0 Å². The minimum absolute atomic E-state index is 0.0101. The van der Waals surface area contributed by atoms with Gasteiger partial charge in [-0.15, -0.1) is 11.8 Å². The summed E-state index contributed by atoms with van der Waals surface area (Å²) in [6.07, 6.45) is 6.23. The van der Waals surface area contributed by atoms with Crippen molar-refractivity contribution >= 4 is 34.7 Å². The Morgan fingerprint density at radius 3 is 2.59 bits per heavy atom. The predicted molar refractivity (Wildman–Crippen MR) is 173 cm³/mol. The van der Waals surface area contributed by atoms with Crippen LogP contribution in [-0.4, -0.2) is 71.1 Å². The summed E-state index contributed by atoms with van der Waals surface area (Å²) < 4.78 is 0. The third-order valence-electron chi connectivity index (χ3n) is 10.9. The summed E-state index contributed by atoms with van der Waals surface area (Å²) in [4.78, 5) is 47.4. The van der Waals surface area contributed by atoms with Crippen molar-refractivity contribution in [3.8, 4) is 0 Å². The van der Waals surface area contributed by atoms with E-state index >= 15 is 0 Å². The number of fused-ring (bicyclic) bond motifs is 4. The fraction of sp³-hybridized carbons (Fsp3) is 0.514. The summed E-state index contributed by atoms with van der Waals surface area (Å²) in [5.74, 6) is 0.649. The average molecular weight is 615 g/mol. The molecule has 3 aliphatic carbocycles. The number of nitrogens with one attached hydrogen (secondary N) is 3. The van der Waals surface area contributed by atoms with Gasteiger partial charge in [0, 0.05) is 52.8 Å². The molecule has 44 heavy (non-hydrogen) atoms. The highest BCUT2D eigenvalue weighted by molar-refractivity contribution is 7.99. The molecule has 2 aliphatic heterocycles. The number of rotatable bonds is 8. The zero-order chi connectivity index (χ0) is 30.7. The summed E-state index contributed by atoms with van der Waals surface area (Å²) >= 11 is 1.61. The maximum absolute atomic E-state index is 14.0. The Morgan fingerprint density at radius 2 is 1.84 bits per heavy atom. The summed E-state index contributed by atoms with van der Waals surface area (Å²) in [5, 5.41) is 17.7. The van der Waals surface area contributed by atoms with Crippen molar-refractivity contribution in [3.05, 3.63) is 75.2 Å². The first kappa shape index (κ1) is 29.6. The zero-order valence-electron chi connectivity index (χ0n) is 25.7. The summed E-state index contributed by atoms with van der Waals surface area (Å²) in [7, 11) is 2.10. The lowest BCUT2D eigenvalue weighted by Crippen LogP contribution is -2.46. The maximum atomic E-state index is 14.0. The molecule has 2 saturated carbocycles. The van der Waals surface area contributed by atoms with Crippen molar-refractivity contribution in [1.29, 1.82) is 0 Å². The van der Waals surface area contributed by atoms with Crippen molar-refractivity contribution in [1.82, 2.24) is 15.2 Å². The highest BCUT2D eigenvalue weighted by Crippen LogP contribution is 2.57. The van der Waals surface area contributed by atoms with Gasteiger partial charge < -0.3 is 25.6 Å². The van der Waals surface area contributed by atoms with E-state index in [-0.39, 0.29) is 46.8 Å².